The summed E-state index contributed by atoms with van der Waals surface area (Å²) >= 11 is 7.12. The maximum Gasteiger partial charge on any atom is 0.289 e. The van der Waals surface area contributed by atoms with Crippen molar-refractivity contribution >= 4 is 75.4 Å². The molecule has 0 aromatic carbocycles. The van der Waals surface area contributed by atoms with E-state index in [9.17, 15) is 4.57 Å². The Kier molecular flexibility index (Phi) is 2.97. The van der Waals surface area contributed by atoms with Gasteiger partial charge in [-0.05, 0) is 0 Å². The molecule has 3 rings (SSSR count). The summed E-state index contributed by atoms with van der Waals surface area (Å²) in [5.74, 6) is 0. The molecule has 0 bridgehead atoms. The van der Waals surface area contributed by atoms with E-state index in [1.54, 1.807) is 0 Å². The van der Waals surface area contributed by atoms with E-state index in [2.05, 4.69) is 81.8 Å². The normalized spacial score (nSPS) is 59.1. The molecule has 6 atom stereocenters. The van der Waals surface area contributed by atoms with Crippen LogP contribution in [-0.4, -0.2) is 45.8 Å². The van der Waals surface area contributed by atoms with Crippen molar-refractivity contribution in [3.63, 3.8) is 0 Å². The fourth-order valence-corrected chi connectivity index (χ4v) is 9.67. The lowest BCUT2D eigenvalue weighted by molar-refractivity contribution is 0.479. The fourth-order valence-electron chi connectivity index (χ4n) is 1.57. The number of rotatable bonds is 3. The summed E-state index contributed by atoms with van der Waals surface area (Å²) < 4.78 is 20.8. The van der Waals surface area contributed by atoms with Gasteiger partial charge in [0, 0.05) is 19.6 Å². The Morgan fingerprint density at radius 2 is 1.07 bits per heavy atom. The molecule has 0 aromatic rings. The van der Waals surface area contributed by atoms with Gasteiger partial charge < -0.3 is 0 Å². The van der Waals surface area contributed by atoms with E-state index in [0.29, 0.717) is 12.1 Å². The maximum absolute atomic E-state index is 12.9. The van der Waals surface area contributed by atoms with E-state index in [1.807, 2.05) is 0 Å². The average Bonchev–Trinajstić information content (AvgIpc) is 2.91. The highest BCUT2D eigenvalue weighted by atomic mass is 127. The number of halogens is 3. The Morgan fingerprint density at radius 1 is 0.857 bits per heavy atom. The van der Waals surface area contributed by atoms with Crippen molar-refractivity contribution in [1.82, 2.24) is 14.0 Å². The molecule has 14 heavy (non-hydrogen) atoms. The molecule has 3 heterocycles. The molecule has 6 unspecified atom stereocenters. The summed E-state index contributed by atoms with van der Waals surface area (Å²) in [6.45, 7) is 2.99. The lowest BCUT2D eigenvalue weighted by Crippen LogP contribution is -2.14. The largest absolute Gasteiger partial charge is 0.289 e. The number of hydrogen-bond acceptors (Lipinski definition) is 1. The second-order valence-corrected chi connectivity index (χ2v) is 10.6. The predicted octanol–water partition coefficient (Wildman–Crippen LogP) is 2.32. The smallest absolute Gasteiger partial charge is 0.270 e. The second kappa shape index (κ2) is 3.64. The maximum atomic E-state index is 12.9. The Balaban J connectivity index is 1.84. The lowest BCUT2D eigenvalue weighted by atomic mass is 11.0. The van der Waals surface area contributed by atoms with Crippen molar-refractivity contribution in [2.24, 2.45) is 0 Å². The summed E-state index contributed by atoms with van der Waals surface area (Å²) in [5, 5.41) is 0. The highest BCUT2D eigenvalue weighted by molar-refractivity contribution is 14.1. The summed E-state index contributed by atoms with van der Waals surface area (Å²) in [4.78, 5) is 0. The van der Waals surface area contributed by atoms with Crippen LogP contribution in [-0.2, 0) is 4.57 Å². The molecular weight excluding hydrogens is 542 g/mol. The van der Waals surface area contributed by atoms with Crippen LogP contribution >= 0.6 is 75.4 Å². The number of alkyl halides is 3. The van der Waals surface area contributed by atoms with Crippen LogP contribution in [0.25, 0.3) is 0 Å². The standard InChI is InChI=1S/C6H9I3N3OP/c7-4-1-10(4)14(13,11-2-5(11)8)12-3-6(12)9/h4-6H,1-3H2. The van der Waals surface area contributed by atoms with E-state index in [0.717, 1.165) is 19.6 Å². The summed E-state index contributed by atoms with van der Waals surface area (Å²) in [6.07, 6.45) is 0. The molecule has 4 nitrogen and oxygen atoms in total. The van der Waals surface area contributed by atoms with Gasteiger partial charge in [0.1, 0.15) is 0 Å². The van der Waals surface area contributed by atoms with Crippen molar-refractivity contribution in [3.8, 4) is 0 Å². The number of nitrogens with zero attached hydrogens (tertiary/aromatic N) is 3. The summed E-state index contributed by atoms with van der Waals surface area (Å²) in [7, 11) is -2.29. The van der Waals surface area contributed by atoms with E-state index >= 15 is 0 Å². The number of hydrogen-bond donors (Lipinski definition) is 0. The minimum Gasteiger partial charge on any atom is -0.270 e. The zero-order valence-electron chi connectivity index (χ0n) is 7.18. The third kappa shape index (κ3) is 1.72. The van der Waals surface area contributed by atoms with Gasteiger partial charge in [-0.1, -0.05) is 67.8 Å². The van der Waals surface area contributed by atoms with E-state index in [-0.39, 0.29) is 0 Å². The van der Waals surface area contributed by atoms with E-state index in [4.69, 9.17) is 0 Å². The third-order valence-electron chi connectivity index (χ3n) is 2.59. The van der Waals surface area contributed by atoms with Gasteiger partial charge in [-0.25, -0.2) is 14.0 Å². The van der Waals surface area contributed by atoms with Crippen LogP contribution < -0.4 is 0 Å². The van der Waals surface area contributed by atoms with Crippen molar-refractivity contribution < 1.29 is 4.57 Å². The van der Waals surface area contributed by atoms with Gasteiger partial charge >= 0.3 is 0 Å². The van der Waals surface area contributed by atoms with Crippen LogP contribution in [0.5, 0.6) is 0 Å². The fraction of sp³-hybridized carbons (Fsp3) is 1.00. The van der Waals surface area contributed by atoms with Gasteiger partial charge in [0.15, 0.2) is 0 Å². The molecule has 0 N–H and O–H groups in total. The third-order valence-corrected chi connectivity index (χ3v) is 10.4. The van der Waals surface area contributed by atoms with E-state index < -0.39 is 7.59 Å². The molecule has 80 valence electrons. The first-order valence-corrected chi connectivity index (χ1v) is 9.69. The van der Waals surface area contributed by atoms with Gasteiger partial charge in [0.2, 0.25) is 0 Å². The zero-order chi connectivity index (χ0) is 10.1. The summed E-state index contributed by atoms with van der Waals surface area (Å²) in [6, 6.07) is 0. The highest BCUT2D eigenvalue weighted by Crippen LogP contribution is 2.72. The van der Waals surface area contributed by atoms with Gasteiger partial charge in [0.05, 0.1) is 12.1 Å². The Morgan fingerprint density at radius 3 is 1.21 bits per heavy atom. The molecule has 3 fully saturated rings. The molecule has 8 heteroatoms. The first-order chi connectivity index (χ1) is 6.55. The highest BCUT2D eigenvalue weighted by Gasteiger charge is 2.64. The van der Waals surface area contributed by atoms with Gasteiger partial charge in [-0.2, -0.15) is 0 Å². The van der Waals surface area contributed by atoms with Crippen LogP contribution in [0.1, 0.15) is 0 Å². The molecule has 0 spiro atoms. The summed E-state index contributed by atoms with van der Waals surface area (Å²) in [5.41, 5.74) is 0. The quantitative estimate of drug-likeness (QED) is 0.177. The molecule has 0 radical (unpaired) electrons. The van der Waals surface area contributed by atoms with Crippen molar-refractivity contribution in [2.75, 3.05) is 19.6 Å². The van der Waals surface area contributed by atoms with Crippen LogP contribution in [0.3, 0.4) is 0 Å². The predicted molar refractivity (Wildman–Crippen MR) is 81.1 cm³/mol. The average molecular weight is 551 g/mol. The minimum absolute atomic E-state index is 0.492. The molecular formula is C6H9I3N3OP. The van der Waals surface area contributed by atoms with Crippen LogP contribution in [0.15, 0.2) is 0 Å². The van der Waals surface area contributed by atoms with Gasteiger partial charge in [-0.15, -0.1) is 0 Å². The zero-order valence-corrected chi connectivity index (χ0v) is 14.6. The first-order valence-electron chi connectivity index (χ1n) is 4.39. The lowest BCUT2D eigenvalue weighted by Gasteiger charge is -2.21. The Bertz CT molecular complexity index is 282. The SMILES string of the molecule is O=P(N1CC1I)(N1CC1I)N1CC1I. The van der Waals surface area contributed by atoms with Crippen molar-refractivity contribution in [1.29, 1.82) is 0 Å². The molecule has 0 amide bonds. The monoisotopic (exact) mass is 551 g/mol. The van der Waals surface area contributed by atoms with Crippen LogP contribution in [0, 0.1) is 0 Å². The molecule has 0 aromatic heterocycles. The van der Waals surface area contributed by atoms with Crippen molar-refractivity contribution in [3.05, 3.63) is 0 Å². The Hall–Kier alpha value is 2.30. The van der Waals surface area contributed by atoms with E-state index in [1.165, 1.54) is 0 Å². The van der Waals surface area contributed by atoms with Crippen LogP contribution in [0.4, 0.5) is 0 Å². The molecule has 3 aliphatic rings. The van der Waals surface area contributed by atoms with Crippen molar-refractivity contribution in [2.45, 2.75) is 12.1 Å². The second-order valence-electron chi connectivity index (χ2n) is 3.68. The molecule has 0 aliphatic carbocycles. The Labute approximate surface area is 124 Å². The van der Waals surface area contributed by atoms with Gasteiger partial charge in [-0.3, -0.25) is 4.57 Å². The topological polar surface area (TPSA) is 26.1 Å². The first kappa shape index (κ1) is 11.4. The van der Waals surface area contributed by atoms with Gasteiger partial charge in [0.25, 0.3) is 7.59 Å². The molecule has 3 aliphatic heterocycles. The van der Waals surface area contributed by atoms with Crippen LogP contribution in [0.2, 0.25) is 0 Å². The molecule has 0 saturated carbocycles. The molecule has 3 saturated heterocycles. The minimum atomic E-state index is -2.29.